The van der Waals surface area contributed by atoms with Gasteiger partial charge in [-0.15, -0.1) is 0 Å². The molecule has 0 fully saturated rings. The highest BCUT2D eigenvalue weighted by molar-refractivity contribution is 5.86. The van der Waals surface area contributed by atoms with Crippen LogP contribution < -0.4 is 10.6 Å². The van der Waals surface area contributed by atoms with Crippen LogP contribution in [0.1, 0.15) is 16.7 Å². The molecule has 4 rings (SSSR count). The molecule has 0 saturated carbocycles. The minimum atomic E-state index is 0.473. The van der Waals surface area contributed by atoms with Crippen LogP contribution in [0, 0.1) is 20.8 Å². The Morgan fingerprint density at radius 3 is 2.41 bits per heavy atom. The van der Waals surface area contributed by atoms with E-state index in [-0.39, 0.29) is 0 Å². The van der Waals surface area contributed by atoms with Crippen LogP contribution in [0.3, 0.4) is 0 Å². The molecule has 27 heavy (non-hydrogen) atoms. The molecule has 0 spiro atoms. The third-order valence-corrected chi connectivity index (χ3v) is 4.24. The van der Waals surface area contributed by atoms with Gasteiger partial charge in [-0.2, -0.15) is 9.97 Å². The topological polar surface area (TPSA) is 75.6 Å². The van der Waals surface area contributed by atoms with E-state index < -0.39 is 0 Å². The molecule has 0 radical (unpaired) electrons. The van der Waals surface area contributed by atoms with E-state index in [4.69, 9.17) is 0 Å². The van der Waals surface area contributed by atoms with Crippen LogP contribution in [-0.2, 0) is 0 Å². The van der Waals surface area contributed by atoms with Crippen LogP contribution in [0.15, 0.2) is 54.9 Å². The molecule has 0 atom stereocenters. The van der Waals surface area contributed by atoms with Crippen LogP contribution in [0.2, 0.25) is 0 Å². The maximum Gasteiger partial charge on any atom is 0.231 e. The highest BCUT2D eigenvalue weighted by atomic mass is 15.2. The molecular weight excluding hydrogens is 336 g/mol. The number of aryl methyl sites for hydroxylation is 3. The Morgan fingerprint density at radius 1 is 0.778 bits per heavy atom. The van der Waals surface area contributed by atoms with Gasteiger partial charge in [0.05, 0.1) is 0 Å². The van der Waals surface area contributed by atoms with Gasteiger partial charge in [0.25, 0.3) is 0 Å². The Labute approximate surface area is 157 Å². The van der Waals surface area contributed by atoms with E-state index in [0.29, 0.717) is 22.9 Å². The lowest BCUT2D eigenvalue weighted by Crippen LogP contribution is -2.04. The summed E-state index contributed by atoms with van der Waals surface area (Å²) >= 11 is 0. The number of rotatable bonds is 4. The van der Waals surface area contributed by atoms with Crippen molar-refractivity contribution in [1.29, 1.82) is 0 Å². The van der Waals surface area contributed by atoms with E-state index in [1.54, 1.807) is 12.4 Å². The van der Waals surface area contributed by atoms with E-state index in [9.17, 15) is 0 Å². The largest absolute Gasteiger partial charge is 0.338 e. The lowest BCUT2D eigenvalue weighted by atomic mass is 10.1. The first-order chi connectivity index (χ1) is 13.1. The second kappa shape index (κ2) is 6.99. The number of hydrogen-bond acceptors (Lipinski definition) is 6. The molecule has 0 unspecified atom stereocenters. The summed E-state index contributed by atoms with van der Waals surface area (Å²) in [4.78, 5) is 17.9. The summed E-state index contributed by atoms with van der Waals surface area (Å²) in [7, 11) is 0. The van der Waals surface area contributed by atoms with Crippen molar-refractivity contribution in [3.63, 3.8) is 0 Å². The van der Waals surface area contributed by atoms with E-state index in [1.807, 2.05) is 37.3 Å². The van der Waals surface area contributed by atoms with Crippen molar-refractivity contribution >= 4 is 34.3 Å². The molecular formula is C21H20N6. The molecule has 0 amide bonds. The monoisotopic (exact) mass is 356 g/mol. The number of aromatic nitrogens is 4. The number of benzene rings is 2. The molecule has 0 aliphatic carbocycles. The first-order valence-corrected chi connectivity index (χ1v) is 8.75. The fourth-order valence-electron chi connectivity index (χ4n) is 2.94. The van der Waals surface area contributed by atoms with Gasteiger partial charge in [-0.3, -0.25) is 0 Å². The van der Waals surface area contributed by atoms with Crippen LogP contribution in [0.5, 0.6) is 0 Å². The summed E-state index contributed by atoms with van der Waals surface area (Å²) in [5.74, 6) is 1.09. The second-order valence-corrected chi connectivity index (χ2v) is 6.56. The predicted octanol–water partition coefficient (Wildman–Crippen LogP) is 4.83. The number of fused-ring (bicyclic) bond motifs is 1. The molecule has 0 aliphatic heterocycles. The minimum Gasteiger partial charge on any atom is -0.338 e. The number of hydrogen-bond donors (Lipinski definition) is 2. The molecule has 2 aromatic heterocycles. The molecule has 2 aromatic carbocycles. The Kier molecular flexibility index (Phi) is 4.38. The van der Waals surface area contributed by atoms with Crippen molar-refractivity contribution in [2.24, 2.45) is 0 Å². The van der Waals surface area contributed by atoms with Crippen LogP contribution in [0.25, 0.3) is 11.2 Å². The zero-order chi connectivity index (χ0) is 18.8. The highest BCUT2D eigenvalue weighted by Crippen LogP contribution is 2.26. The van der Waals surface area contributed by atoms with Gasteiger partial charge in [-0.1, -0.05) is 29.8 Å². The van der Waals surface area contributed by atoms with Crippen LogP contribution in [-0.4, -0.2) is 19.9 Å². The van der Waals surface area contributed by atoms with E-state index in [2.05, 4.69) is 56.5 Å². The van der Waals surface area contributed by atoms with Gasteiger partial charge in [0.15, 0.2) is 17.0 Å². The van der Waals surface area contributed by atoms with Gasteiger partial charge < -0.3 is 10.6 Å². The normalized spacial score (nSPS) is 10.8. The van der Waals surface area contributed by atoms with Crippen molar-refractivity contribution in [3.8, 4) is 0 Å². The summed E-state index contributed by atoms with van der Waals surface area (Å²) in [6, 6.07) is 14.3. The van der Waals surface area contributed by atoms with E-state index in [1.165, 1.54) is 5.56 Å². The molecule has 6 nitrogen and oxygen atoms in total. The van der Waals surface area contributed by atoms with Gasteiger partial charge in [0.2, 0.25) is 5.95 Å². The Morgan fingerprint density at radius 2 is 1.59 bits per heavy atom. The summed E-state index contributed by atoms with van der Waals surface area (Å²) in [6.07, 6.45) is 3.28. The Bertz CT molecular complexity index is 1120. The molecule has 2 heterocycles. The first-order valence-electron chi connectivity index (χ1n) is 8.75. The third kappa shape index (κ3) is 3.69. The lowest BCUT2D eigenvalue weighted by molar-refractivity contribution is 1.14. The number of nitrogens with one attached hydrogen (secondary N) is 2. The summed E-state index contributed by atoms with van der Waals surface area (Å²) < 4.78 is 0. The fraction of sp³-hybridized carbons (Fsp3) is 0.143. The molecule has 0 aliphatic rings. The van der Waals surface area contributed by atoms with Gasteiger partial charge >= 0.3 is 0 Å². The SMILES string of the molecule is Cc1cccc(Nc2nc(Nc3ccc(C)cc3C)c3nccnc3n2)c1. The van der Waals surface area contributed by atoms with Crippen molar-refractivity contribution in [1.82, 2.24) is 19.9 Å². The fourth-order valence-corrected chi connectivity index (χ4v) is 2.94. The standard InChI is InChI=1S/C21H20N6/c1-13-5-4-6-16(12-13)24-21-26-19-18(22-9-10-23-19)20(27-21)25-17-8-7-14(2)11-15(17)3/h4-12H,1-3H3,(H2,23,24,25,26,27). The van der Waals surface area contributed by atoms with Crippen molar-refractivity contribution in [2.75, 3.05) is 10.6 Å². The molecule has 4 aromatic rings. The Hall–Kier alpha value is -3.54. The van der Waals surface area contributed by atoms with Crippen molar-refractivity contribution < 1.29 is 0 Å². The van der Waals surface area contributed by atoms with E-state index >= 15 is 0 Å². The van der Waals surface area contributed by atoms with Crippen LogP contribution in [0.4, 0.5) is 23.1 Å². The van der Waals surface area contributed by atoms with Gasteiger partial charge in [0.1, 0.15) is 0 Å². The van der Waals surface area contributed by atoms with Crippen LogP contribution >= 0.6 is 0 Å². The molecule has 0 bridgehead atoms. The first kappa shape index (κ1) is 16.9. The van der Waals surface area contributed by atoms with E-state index in [0.717, 1.165) is 22.5 Å². The maximum atomic E-state index is 4.65. The average Bonchev–Trinajstić information content (AvgIpc) is 2.64. The summed E-state index contributed by atoms with van der Waals surface area (Å²) in [5.41, 5.74) is 6.59. The molecule has 134 valence electrons. The zero-order valence-electron chi connectivity index (χ0n) is 15.5. The lowest BCUT2D eigenvalue weighted by Gasteiger charge is -2.13. The number of anilines is 4. The Balaban J connectivity index is 1.76. The summed E-state index contributed by atoms with van der Waals surface area (Å²) in [6.45, 7) is 6.19. The second-order valence-electron chi connectivity index (χ2n) is 6.56. The maximum absolute atomic E-state index is 4.65. The smallest absolute Gasteiger partial charge is 0.231 e. The van der Waals surface area contributed by atoms with Crippen molar-refractivity contribution in [3.05, 3.63) is 71.5 Å². The number of nitrogens with zero attached hydrogens (tertiary/aromatic N) is 4. The minimum absolute atomic E-state index is 0.473. The quantitative estimate of drug-likeness (QED) is 0.545. The zero-order valence-corrected chi connectivity index (χ0v) is 15.5. The molecule has 0 saturated heterocycles. The highest BCUT2D eigenvalue weighted by Gasteiger charge is 2.11. The average molecular weight is 356 g/mol. The predicted molar refractivity (Wildman–Crippen MR) is 109 cm³/mol. The summed E-state index contributed by atoms with van der Waals surface area (Å²) in [5, 5.41) is 6.64. The van der Waals surface area contributed by atoms with Gasteiger partial charge in [-0.05, 0) is 50.1 Å². The molecule has 6 heteroatoms. The van der Waals surface area contributed by atoms with Gasteiger partial charge in [-0.25, -0.2) is 9.97 Å². The van der Waals surface area contributed by atoms with Crippen molar-refractivity contribution in [2.45, 2.75) is 20.8 Å². The third-order valence-electron chi connectivity index (χ3n) is 4.24. The molecule has 2 N–H and O–H groups in total. The van der Waals surface area contributed by atoms with Gasteiger partial charge in [0, 0.05) is 23.8 Å².